The molecule has 3 rings (SSSR count). The van der Waals surface area contributed by atoms with Crippen molar-refractivity contribution >= 4 is 44.8 Å². The van der Waals surface area contributed by atoms with Gasteiger partial charge in [0.25, 0.3) is 16.0 Å². The van der Waals surface area contributed by atoms with E-state index < -0.39 is 86.7 Å². The highest BCUT2D eigenvalue weighted by Crippen LogP contribution is 2.21. The Hall–Kier alpha value is -4.00. The molecule has 17 heteroatoms. The number of ketones is 2. The van der Waals surface area contributed by atoms with E-state index >= 15 is 0 Å². The molecule has 0 bridgehead atoms. The average molecular weight is 726 g/mol. The maximum atomic E-state index is 13.7. The van der Waals surface area contributed by atoms with Crippen LogP contribution in [0.4, 0.5) is 8.78 Å². The Balaban J connectivity index is 1.79. The van der Waals surface area contributed by atoms with Gasteiger partial charge in [0.2, 0.25) is 5.91 Å². The number of halogens is 2. The summed E-state index contributed by atoms with van der Waals surface area (Å²) in [6.45, 7) is 1.09. The number of hydrogen-bond donors (Lipinski definition) is 3. The van der Waals surface area contributed by atoms with Crippen LogP contribution in [0.3, 0.4) is 0 Å². The van der Waals surface area contributed by atoms with E-state index in [2.05, 4.69) is 15.6 Å². The summed E-state index contributed by atoms with van der Waals surface area (Å²) in [6, 6.07) is 7.52. The highest BCUT2D eigenvalue weighted by atomic mass is 32.2. The summed E-state index contributed by atoms with van der Waals surface area (Å²) in [7, 11) is -2.12. The van der Waals surface area contributed by atoms with Crippen LogP contribution in [-0.4, -0.2) is 93.6 Å². The second-order valence-electron chi connectivity index (χ2n) is 11.2. The number of Topliss-reactive ketones (excluding diaryl/α,β-unsaturated/α-hetero) is 2. The summed E-state index contributed by atoms with van der Waals surface area (Å²) in [4.78, 5) is 56.9. The minimum absolute atomic E-state index is 0.151. The summed E-state index contributed by atoms with van der Waals surface area (Å²) < 4.78 is 67.4. The maximum Gasteiger partial charge on any atom is 0.297 e. The van der Waals surface area contributed by atoms with Crippen LogP contribution in [0.1, 0.15) is 33.6 Å². The Morgan fingerprint density at radius 3 is 2.24 bits per heavy atom. The fourth-order valence-corrected chi connectivity index (χ4v) is 6.26. The first kappa shape index (κ1) is 39.4. The first-order chi connectivity index (χ1) is 23.1. The Morgan fingerprint density at radius 1 is 0.980 bits per heavy atom. The molecule has 1 heterocycles. The number of amides is 2. The van der Waals surface area contributed by atoms with Gasteiger partial charge in [0.1, 0.15) is 23.1 Å². The van der Waals surface area contributed by atoms with E-state index in [9.17, 15) is 41.5 Å². The maximum absolute atomic E-state index is 13.7. The quantitative estimate of drug-likeness (QED) is 0.154. The first-order valence-electron chi connectivity index (χ1n) is 14.8. The monoisotopic (exact) mass is 725 g/mol. The predicted molar refractivity (Wildman–Crippen MR) is 172 cm³/mol. The standard InChI is InChI=1S/C32H37F2N3O10S2/c1-19-35-15-28(48-19)31(41)37-26(17-46-4)27(38)13-21(16-45-3)30(40)36-25(12-20-8-6-5-7-9-20)29(39)32(2,42)18-47-49(43,44)22-10-11-23(33)24(34)14-22/h5-11,14-15,21,25-26,42H,12-13,16-18H2,1-4H3,(H,36,40)(H,37,41)/t21-,25-,26-,32+/m0/s1. The minimum atomic E-state index is -4.75. The zero-order valence-electron chi connectivity index (χ0n) is 27.1. The van der Waals surface area contributed by atoms with Gasteiger partial charge in [-0.25, -0.2) is 13.8 Å². The van der Waals surface area contributed by atoms with Crippen molar-refractivity contribution in [1.82, 2.24) is 15.6 Å². The van der Waals surface area contributed by atoms with Crippen molar-refractivity contribution in [3.63, 3.8) is 0 Å². The topological polar surface area (TPSA) is 187 Å². The van der Waals surface area contributed by atoms with Crippen LogP contribution in [-0.2, 0) is 44.6 Å². The van der Waals surface area contributed by atoms with Crippen molar-refractivity contribution in [3.05, 3.63) is 81.8 Å². The van der Waals surface area contributed by atoms with Crippen LogP contribution >= 0.6 is 11.3 Å². The number of aryl methyl sites for hydroxylation is 1. The molecule has 0 aliphatic rings. The number of rotatable bonds is 19. The highest BCUT2D eigenvalue weighted by Gasteiger charge is 2.40. The number of aliphatic hydroxyl groups is 1. The van der Waals surface area contributed by atoms with E-state index in [0.717, 1.165) is 24.3 Å². The van der Waals surface area contributed by atoms with E-state index in [4.69, 9.17) is 13.7 Å². The number of benzene rings is 2. The summed E-state index contributed by atoms with van der Waals surface area (Å²) >= 11 is 1.13. The summed E-state index contributed by atoms with van der Waals surface area (Å²) in [5, 5.41) is 16.9. The van der Waals surface area contributed by atoms with E-state index in [1.54, 1.807) is 37.3 Å². The van der Waals surface area contributed by atoms with Gasteiger partial charge in [-0.3, -0.25) is 23.4 Å². The third-order valence-electron chi connectivity index (χ3n) is 7.18. The third-order valence-corrected chi connectivity index (χ3v) is 9.35. The van der Waals surface area contributed by atoms with Crippen LogP contribution in [0.5, 0.6) is 0 Å². The molecule has 0 aliphatic heterocycles. The van der Waals surface area contributed by atoms with Crippen LogP contribution in [0.15, 0.2) is 59.6 Å². The molecule has 2 aromatic carbocycles. The Kier molecular flexibility index (Phi) is 14.2. The summed E-state index contributed by atoms with van der Waals surface area (Å²) in [6.07, 6.45) is 0.780. The van der Waals surface area contributed by atoms with Crippen LogP contribution in [0.2, 0.25) is 0 Å². The number of aromatic nitrogens is 1. The lowest BCUT2D eigenvalue weighted by atomic mass is 9.90. The van der Waals surface area contributed by atoms with Gasteiger partial charge < -0.3 is 25.2 Å². The number of methoxy groups -OCH3 is 2. The zero-order valence-corrected chi connectivity index (χ0v) is 28.7. The van der Waals surface area contributed by atoms with Crippen molar-refractivity contribution in [2.24, 2.45) is 5.92 Å². The number of carbonyl (C=O) groups excluding carboxylic acids is 4. The summed E-state index contributed by atoms with van der Waals surface area (Å²) in [5.74, 6) is -6.89. The van der Waals surface area contributed by atoms with Crippen molar-refractivity contribution in [3.8, 4) is 0 Å². The Labute approximate surface area is 286 Å². The molecule has 2 amide bonds. The molecule has 0 spiro atoms. The minimum Gasteiger partial charge on any atom is -0.384 e. The molecule has 0 radical (unpaired) electrons. The third kappa shape index (κ3) is 11.3. The van der Waals surface area contributed by atoms with Crippen molar-refractivity contribution in [1.29, 1.82) is 0 Å². The van der Waals surface area contributed by atoms with Gasteiger partial charge >= 0.3 is 0 Å². The molecule has 49 heavy (non-hydrogen) atoms. The zero-order chi connectivity index (χ0) is 36.4. The molecule has 1 aromatic heterocycles. The molecule has 266 valence electrons. The smallest absolute Gasteiger partial charge is 0.297 e. The molecule has 0 aliphatic carbocycles. The number of thiazole rings is 1. The van der Waals surface area contributed by atoms with E-state index in [0.29, 0.717) is 22.7 Å². The van der Waals surface area contributed by atoms with Crippen LogP contribution in [0.25, 0.3) is 0 Å². The van der Waals surface area contributed by atoms with Gasteiger partial charge in [-0.2, -0.15) is 8.42 Å². The molecule has 4 atom stereocenters. The van der Waals surface area contributed by atoms with E-state index in [-0.39, 0.29) is 24.5 Å². The van der Waals surface area contributed by atoms with Crippen LogP contribution < -0.4 is 10.6 Å². The number of carbonyl (C=O) groups is 4. The molecule has 13 nitrogen and oxygen atoms in total. The molecular weight excluding hydrogens is 688 g/mol. The van der Waals surface area contributed by atoms with Crippen molar-refractivity contribution < 1.29 is 55.1 Å². The molecule has 0 saturated carbocycles. The lowest BCUT2D eigenvalue weighted by molar-refractivity contribution is -0.143. The van der Waals surface area contributed by atoms with Gasteiger partial charge in [0.05, 0.1) is 41.3 Å². The number of hydrogen-bond acceptors (Lipinski definition) is 12. The largest absolute Gasteiger partial charge is 0.384 e. The Morgan fingerprint density at radius 2 is 1.65 bits per heavy atom. The fraction of sp³-hybridized carbons (Fsp3) is 0.406. The first-order valence-corrected chi connectivity index (χ1v) is 17.0. The van der Waals surface area contributed by atoms with Crippen LogP contribution in [0, 0.1) is 24.5 Å². The van der Waals surface area contributed by atoms with E-state index in [1.807, 2.05) is 0 Å². The summed E-state index contributed by atoms with van der Waals surface area (Å²) in [5.41, 5.74) is -1.96. The molecular formula is C32H37F2N3O10S2. The lowest BCUT2D eigenvalue weighted by Gasteiger charge is -2.29. The number of nitrogens with one attached hydrogen (secondary N) is 2. The van der Waals surface area contributed by atoms with Gasteiger partial charge in [-0.1, -0.05) is 30.3 Å². The van der Waals surface area contributed by atoms with Gasteiger partial charge in [-0.05, 0) is 44.0 Å². The van der Waals surface area contributed by atoms with Gasteiger partial charge in [-0.15, -0.1) is 11.3 Å². The van der Waals surface area contributed by atoms with Gasteiger partial charge in [0.15, 0.2) is 23.2 Å². The second kappa shape index (κ2) is 17.6. The van der Waals surface area contributed by atoms with E-state index in [1.165, 1.54) is 20.4 Å². The SMILES string of the molecule is COC[C@H](CC(=O)[C@H](COC)NC(=O)c1cnc(C)s1)C(=O)N[C@@H](Cc1ccccc1)C(=O)[C@](C)(O)COS(=O)(=O)c1ccc(F)c(F)c1. The second-order valence-corrected chi connectivity index (χ2v) is 14.1. The molecule has 3 N–H and O–H groups in total. The van der Waals surface area contributed by atoms with Gasteiger partial charge in [0, 0.05) is 20.6 Å². The lowest BCUT2D eigenvalue weighted by Crippen LogP contribution is -2.55. The predicted octanol–water partition coefficient (Wildman–Crippen LogP) is 2.15. The average Bonchev–Trinajstić information content (AvgIpc) is 3.50. The normalized spacial score (nSPS) is 14.7. The molecule has 3 aromatic rings. The fourth-order valence-electron chi connectivity index (χ4n) is 4.58. The van der Waals surface area contributed by atoms with Crippen molar-refractivity contribution in [2.75, 3.05) is 34.0 Å². The molecule has 0 unspecified atom stereocenters. The molecule has 0 fully saturated rings. The molecule has 0 saturated heterocycles. The number of nitrogens with zero attached hydrogens (tertiary/aromatic N) is 1. The van der Waals surface area contributed by atoms with Crippen molar-refractivity contribution in [2.45, 2.75) is 49.3 Å². The number of ether oxygens (including phenoxy) is 2. The Bertz CT molecular complexity index is 1740. The highest BCUT2D eigenvalue weighted by molar-refractivity contribution is 7.86.